The van der Waals surface area contributed by atoms with Crippen molar-refractivity contribution in [2.45, 2.75) is 57.7 Å². The molecule has 3 nitrogen and oxygen atoms in total. The molecule has 0 aliphatic carbocycles. The fourth-order valence-corrected chi connectivity index (χ4v) is 2.99. The molecule has 2 rings (SSSR count). The minimum absolute atomic E-state index is 0.0948. The van der Waals surface area contributed by atoms with Gasteiger partial charge in [-0.3, -0.25) is 4.90 Å². The van der Waals surface area contributed by atoms with Crippen LogP contribution in [0.3, 0.4) is 0 Å². The Labute approximate surface area is 117 Å². The van der Waals surface area contributed by atoms with Gasteiger partial charge in [-0.2, -0.15) is 0 Å². The normalized spacial score (nSPS) is 27.6. The van der Waals surface area contributed by atoms with Gasteiger partial charge in [0.25, 0.3) is 0 Å². The first-order chi connectivity index (χ1) is 8.38. The highest BCUT2D eigenvalue weighted by Gasteiger charge is 2.37. The average molecular weight is 314 g/mol. The third kappa shape index (κ3) is 2.97. The number of fused-ring (bicyclic) bond motifs is 2. The molecule has 0 spiro atoms. The van der Waals surface area contributed by atoms with Crippen molar-refractivity contribution in [3.05, 3.63) is 22.7 Å². The number of rotatable bonds is 0. The second-order valence-corrected chi connectivity index (χ2v) is 6.74. The molecule has 2 bridgehead atoms. The van der Waals surface area contributed by atoms with Crippen molar-refractivity contribution in [2.75, 3.05) is 0 Å². The van der Waals surface area contributed by atoms with Crippen LogP contribution in [0.1, 0.15) is 40.0 Å². The molecule has 0 aromatic heterocycles. The molecule has 0 unspecified atom stereocenters. The lowest BCUT2D eigenvalue weighted by Crippen LogP contribution is -2.50. The number of ether oxygens (including phenoxy) is 1. The molecule has 18 heavy (non-hydrogen) atoms. The summed E-state index contributed by atoms with van der Waals surface area (Å²) in [6.45, 7) is 5.71. The zero-order valence-corrected chi connectivity index (χ0v) is 12.7. The van der Waals surface area contributed by atoms with Gasteiger partial charge in [-0.05, 0) is 40.0 Å². The molecular weight excluding hydrogens is 294 g/mol. The zero-order valence-electron chi connectivity index (χ0n) is 11.1. The summed E-state index contributed by atoms with van der Waals surface area (Å²) < 4.78 is 6.62. The molecule has 2 heterocycles. The smallest absolute Gasteiger partial charge is 0.411 e. The van der Waals surface area contributed by atoms with Gasteiger partial charge < -0.3 is 4.74 Å². The molecule has 0 saturated carbocycles. The summed E-state index contributed by atoms with van der Waals surface area (Å²) >= 11 is 3.58. The predicted molar refractivity (Wildman–Crippen MR) is 75.7 cm³/mol. The maximum atomic E-state index is 12.4. The Hall–Kier alpha value is -0.770. The Morgan fingerprint density at radius 1 is 1.33 bits per heavy atom. The van der Waals surface area contributed by atoms with Crippen molar-refractivity contribution in [3.63, 3.8) is 0 Å². The molecule has 2 aliphatic rings. The van der Waals surface area contributed by atoms with Crippen LogP contribution in [0.5, 0.6) is 0 Å². The van der Waals surface area contributed by atoms with Crippen LogP contribution in [0.2, 0.25) is 0 Å². The molecule has 0 fully saturated rings. The van der Waals surface area contributed by atoms with E-state index in [4.69, 9.17) is 4.74 Å². The number of hydrogen-bond acceptors (Lipinski definition) is 2. The third-order valence-electron chi connectivity index (χ3n) is 3.17. The summed E-state index contributed by atoms with van der Waals surface area (Å²) in [5.74, 6) is 0. The molecule has 0 N–H and O–H groups in total. The van der Waals surface area contributed by atoms with Gasteiger partial charge in [0.2, 0.25) is 0 Å². The average Bonchev–Trinajstić information content (AvgIpc) is 2.40. The third-order valence-corrected chi connectivity index (χ3v) is 4.02. The summed E-state index contributed by atoms with van der Waals surface area (Å²) in [5.41, 5.74) is -0.443. The quantitative estimate of drug-likeness (QED) is 0.633. The number of hydrogen-bond donors (Lipinski definition) is 0. The molecule has 0 saturated heterocycles. The molecule has 0 aromatic rings. The van der Waals surface area contributed by atoms with E-state index < -0.39 is 5.60 Å². The van der Waals surface area contributed by atoms with Gasteiger partial charge >= 0.3 is 6.09 Å². The monoisotopic (exact) mass is 313 g/mol. The molecule has 2 atom stereocenters. The van der Waals surface area contributed by atoms with Crippen LogP contribution < -0.4 is 0 Å². The van der Waals surface area contributed by atoms with Gasteiger partial charge in [0.05, 0.1) is 6.04 Å². The highest BCUT2D eigenvalue weighted by atomic mass is 79.9. The maximum absolute atomic E-state index is 12.4. The van der Waals surface area contributed by atoms with E-state index in [0.717, 1.165) is 23.7 Å². The standard InChI is InChI=1S/C14H20BrNO2/c1-14(2,3)18-13(17)16-10-6-4-5-7-12(16)11(15)9-8-10/h4-5,9-10,12H,6-8H2,1-3H3/t10-,12+/m0/s1. The van der Waals surface area contributed by atoms with Crippen molar-refractivity contribution >= 4 is 22.0 Å². The van der Waals surface area contributed by atoms with Gasteiger partial charge in [0.1, 0.15) is 5.60 Å². The van der Waals surface area contributed by atoms with Gasteiger partial charge in [0, 0.05) is 10.5 Å². The number of halogens is 1. The highest BCUT2D eigenvalue weighted by molar-refractivity contribution is 9.11. The van der Waals surface area contributed by atoms with Gasteiger partial charge in [0.15, 0.2) is 0 Å². The summed E-state index contributed by atoms with van der Waals surface area (Å²) in [7, 11) is 0. The predicted octanol–water partition coefficient (Wildman–Crippen LogP) is 3.99. The molecule has 2 aliphatic heterocycles. The van der Waals surface area contributed by atoms with Crippen molar-refractivity contribution in [1.29, 1.82) is 0 Å². The van der Waals surface area contributed by atoms with E-state index in [0.29, 0.717) is 0 Å². The van der Waals surface area contributed by atoms with E-state index in [1.165, 1.54) is 0 Å². The van der Waals surface area contributed by atoms with E-state index in [1.807, 2.05) is 25.7 Å². The first kappa shape index (κ1) is 13.7. The van der Waals surface area contributed by atoms with Crippen molar-refractivity contribution < 1.29 is 9.53 Å². The van der Waals surface area contributed by atoms with Crippen molar-refractivity contribution in [3.8, 4) is 0 Å². The minimum atomic E-state index is -0.443. The van der Waals surface area contributed by atoms with E-state index in [1.54, 1.807) is 0 Å². The van der Waals surface area contributed by atoms with Crippen LogP contribution in [-0.4, -0.2) is 28.7 Å². The molecule has 0 radical (unpaired) electrons. The molecule has 4 heteroatoms. The second kappa shape index (κ2) is 5.08. The lowest BCUT2D eigenvalue weighted by molar-refractivity contribution is 0.00905. The van der Waals surface area contributed by atoms with E-state index in [9.17, 15) is 4.79 Å². The topological polar surface area (TPSA) is 29.5 Å². The van der Waals surface area contributed by atoms with Crippen LogP contribution in [0.25, 0.3) is 0 Å². The SMILES string of the molecule is CC(C)(C)OC(=O)N1[C@H]2CC=CC[C@@H]1C(Br)=CC2. The van der Waals surface area contributed by atoms with Crippen LogP contribution >= 0.6 is 15.9 Å². The van der Waals surface area contributed by atoms with Gasteiger partial charge in [-0.25, -0.2) is 4.79 Å². The van der Waals surface area contributed by atoms with E-state index in [2.05, 4.69) is 34.2 Å². The summed E-state index contributed by atoms with van der Waals surface area (Å²) in [5, 5.41) is 0. The van der Waals surface area contributed by atoms with Crippen LogP contribution in [-0.2, 0) is 4.74 Å². The number of amides is 1. The Morgan fingerprint density at radius 2 is 2.00 bits per heavy atom. The molecule has 1 amide bonds. The highest BCUT2D eigenvalue weighted by Crippen LogP contribution is 2.34. The largest absolute Gasteiger partial charge is 0.444 e. The lowest BCUT2D eigenvalue weighted by atomic mass is 10.0. The van der Waals surface area contributed by atoms with Crippen molar-refractivity contribution in [2.24, 2.45) is 0 Å². The Kier molecular flexibility index (Phi) is 3.85. The van der Waals surface area contributed by atoms with Gasteiger partial charge in [-0.1, -0.05) is 34.2 Å². The summed E-state index contributed by atoms with van der Waals surface area (Å²) in [4.78, 5) is 14.3. The summed E-state index contributed by atoms with van der Waals surface area (Å²) in [6.07, 6.45) is 8.96. The number of carbonyl (C=O) groups excluding carboxylic acids is 1. The van der Waals surface area contributed by atoms with E-state index >= 15 is 0 Å². The Balaban J connectivity index is 2.21. The van der Waals surface area contributed by atoms with Crippen LogP contribution in [0, 0.1) is 0 Å². The lowest BCUT2D eigenvalue weighted by Gasteiger charge is -2.40. The van der Waals surface area contributed by atoms with E-state index in [-0.39, 0.29) is 18.2 Å². The first-order valence-corrected chi connectivity index (χ1v) is 7.19. The second-order valence-electron chi connectivity index (χ2n) is 5.82. The maximum Gasteiger partial charge on any atom is 0.411 e. The van der Waals surface area contributed by atoms with Crippen LogP contribution in [0.15, 0.2) is 22.7 Å². The molecule has 100 valence electrons. The summed E-state index contributed by atoms with van der Waals surface area (Å²) in [6, 6.07) is 0.322. The number of nitrogens with zero attached hydrogens (tertiary/aromatic N) is 1. The first-order valence-electron chi connectivity index (χ1n) is 6.40. The van der Waals surface area contributed by atoms with Gasteiger partial charge in [-0.15, -0.1) is 0 Å². The fraction of sp³-hybridized carbons (Fsp3) is 0.643. The zero-order chi connectivity index (χ0) is 13.3. The minimum Gasteiger partial charge on any atom is -0.444 e. The Morgan fingerprint density at radius 3 is 2.67 bits per heavy atom. The fourth-order valence-electron chi connectivity index (χ4n) is 2.39. The van der Waals surface area contributed by atoms with Crippen LogP contribution in [0.4, 0.5) is 4.79 Å². The van der Waals surface area contributed by atoms with Crippen molar-refractivity contribution in [1.82, 2.24) is 4.90 Å². The molecular formula is C14H20BrNO2. The number of carbonyl (C=O) groups is 1. The molecule has 0 aromatic carbocycles. The Bertz CT molecular complexity index is 395.